The average Bonchev–Trinajstić information content (AvgIpc) is 2.98. The summed E-state index contributed by atoms with van der Waals surface area (Å²) in [6, 6.07) is -1.06. The molecule has 6 N–H and O–H groups in total. The van der Waals surface area contributed by atoms with E-state index < -0.39 is 35.8 Å². The summed E-state index contributed by atoms with van der Waals surface area (Å²) in [7, 11) is 0. The van der Waals surface area contributed by atoms with Crippen molar-refractivity contribution in [2.45, 2.75) is 19.4 Å². The Balaban J connectivity index is 2.89. The smallest absolute Gasteiger partial charge is 0.317 e. The molecule has 2 amide bonds. The molecular formula is C26H48N6O13S. The lowest BCUT2D eigenvalue weighted by molar-refractivity contribution is -0.432. The Morgan fingerprint density at radius 3 is 1.61 bits per heavy atom. The van der Waals surface area contributed by atoms with E-state index in [1.54, 1.807) is 19.6 Å². The predicted molar refractivity (Wildman–Crippen MR) is 163 cm³/mol. The summed E-state index contributed by atoms with van der Waals surface area (Å²) in [6.07, 6.45) is 0.517. The minimum Gasteiger partial charge on any atom is -0.480 e. The number of carbonyl (C=O) groups is 5. The molecule has 19 nitrogen and oxygen atoms in total. The topological polar surface area (TPSA) is 240 Å². The molecule has 0 radical (unpaired) electrons. The molecular weight excluding hydrogens is 636 g/mol. The van der Waals surface area contributed by atoms with E-state index >= 15 is 0 Å². The summed E-state index contributed by atoms with van der Waals surface area (Å²) >= 11 is 0.599. The zero-order valence-corrected chi connectivity index (χ0v) is 27.0. The fourth-order valence-electron chi connectivity index (χ4n) is 4.40. The lowest BCUT2D eigenvalue weighted by atomic mass is 10.2. The van der Waals surface area contributed by atoms with E-state index in [1.165, 1.54) is 0 Å². The number of aliphatic carboxylic acids is 3. The van der Waals surface area contributed by atoms with Crippen molar-refractivity contribution >= 4 is 41.8 Å². The van der Waals surface area contributed by atoms with E-state index in [0.29, 0.717) is 44.9 Å². The normalized spacial score (nSPS) is 17.0. The van der Waals surface area contributed by atoms with Gasteiger partial charge in [-0.3, -0.25) is 43.6 Å². The van der Waals surface area contributed by atoms with Gasteiger partial charge in [0, 0.05) is 84.2 Å². The van der Waals surface area contributed by atoms with E-state index in [4.69, 9.17) is 14.7 Å². The van der Waals surface area contributed by atoms with Crippen molar-refractivity contribution in [2.24, 2.45) is 0 Å². The Kier molecular flexibility index (Phi) is 22.9. The number of nitrogens with zero attached hydrogens (tertiary/aromatic N) is 4. The van der Waals surface area contributed by atoms with Crippen LogP contribution in [0.3, 0.4) is 0 Å². The lowest BCUT2D eigenvalue weighted by Gasteiger charge is -2.33. The minimum atomic E-state index is -1.06. The van der Waals surface area contributed by atoms with Gasteiger partial charge in [-0.15, -0.1) is 4.33 Å². The van der Waals surface area contributed by atoms with Crippen molar-refractivity contribution in [2.75, 3.05) is 117 Å². The second-order valence-corrected chi connectivity index (χ2v) is 11.0. The molecule has 0 saturated carbocycles. The van der Waals surface area contributed by atoms with Crippen LogP contribution in [0.5, 0.6) is 0 Å². The third-order valence-electron chi connectivity index (χ3n) is 6.68. The van der Waals surface area contributed by atoms with Crippen LogP contribution in [0.4, 0.5) is 0 Å². The lowest BCUT2D eigenvalue weighted by Crippen LogP contribution is -2.53. The highest BCUT2D eigenvalue weighted by Crippen LogP contribution is 2.06. The van der Waals surface area contributed by atoms with Crippen LogP contribution < -0.4 is 10.6 Å². The van der Waals surface area contributed by atoms with Gasteiger partial charge in [0.15, 0.2) is 0 Å². The number of nitrogens with one attached hydrogen (secondary N) is 2. The van der Waals surface area contributed by atoms with Gasteiger partial charge in [-0.2, -0.15) is 0 Å². The maximum Gasteiger partial charge on any atom is 0.317 e. The molecule has 20 heteroatoms. The first-order valence-electron chi connectivity index (χ1n) is 14.9. The van der Waals surface area contributed by atoms with Crippen molar-refractivity contribution in [1.82, 2.24) is 30.2 Å². The van der Waals surface area contributed by atoms with E-state index in [-0.39, 0.29) is 90.8 Å². The molecule has 0 unspecified atom stereocenters. The largest absolute Gasteiger partial charge is 0.480 e. The second kappa shape index (κ2) is 25.4. The van der Waals surface area contributed by atoms with Gasteiger partial charge in [0.05, 0.1) is 45.1 Å². The summed E-state index contributed by atoms with van der Waals surface area (Å²) in [5.41, 5.74) is 0. The zero-order valence-electron chi connectivity index (χ0n) is 26.2. The van der Waals surface area contributed by atoms with Gasteiger partial charge in [0.2, 0.25) is 11.8 Å². The number of hydrogen-bond acceptors (Lipinski definition) is 15. The Labute approximate surface area is 272 Å². The quantitative estimate of drug-likeness (QED) is 0.0301. The molecule has 0 spiro atoms. The Morgan fingerprint density at radius 1 is 0.717 bits per heavy atom. The van der Waals surface area contributed by atoms with Crippen molar-refractivity contribution in [3.63, 3.8) is 0 Å². The molecule has 1 atom stereocenters. The molecule has 0 aliphatic carbocycles. The number of carbonyl (C=O) groups excluding carboxylic acids is 2. The maximum atomic E-state index is 13.1. The summed E-state index contributed by atoms with van der Waals surface area (Å²) in [5.74, 6) is -4.32. The third-order valence-corrected chi connectivity index (χ3v) is 7.31. The van der Waals surface area contributed by atoms with Crippen LogP contribution in [0, 0.1) is 0 Å². The predicted octanol–water partition coefficient (Wildman–Crippen LogP) is -2.42. The van der Waals surface area contributed by atoms with E-state index in [0.717, 1.165) is 0 Å². The van der Waals surface area contributed by atoms with Crippen LogP contribution in [0.15, 0.2) is 0 Å². The van der Waals surface area contributed by atoms with E-state index in [9.17, 15) is 39.3 Å². The third kappa shape index (κ3) is 21.2. The number of ether oxygens (including phenoxy) is 2. The van der Waals surface area contributed by atoms with Crippen molar-refractivity contribution in [3.8, 4) is 0 Å². The maximum absolute atomic E-state index is 13.1. The molecule has 0 aromatic rings. The minimum absolute atomic E-state index is 0.103. The van der Waals surface area contributed by atoms with Crippen LogP contribution in [0.2, 0.25) is 0 Å². The SMILES string of the molecule is CCOCCOCCCNC(=O)[C@@H](CSOOO)NC(=O)CN1CCN(CC(=O)O)CCN(CC(=O)O)CCN(CC(=O)O)CC1. The summed E-state index contributed by atoms with van der Waals surface area (Å²) < 4.78 is 15.0. The molecule has 1 heterocycles. The second-order valence-electron chi connectivity index (χ2n) is 10.3. The van der Waals surface area contributed by atoms with Gasteiger partial charge in [-0.1, -0.05) is 5.04 Å². The number of carboxylic acid groups (broad SMARTS) is 3. The summed E-state index contributed by atoms with van der Waals surface area (Å²) in [4.78, 5) is 66.9. The van der Waals surface area contributed by atoms with Crippen LogP contribution in [0.25, 0.3) is 0 Å². The fraction of sp³-hybridized carbons (Fsp3) is 0.808. The molecule has 46 heavy (non-hydrogen) atoms. The first-order valence-corrected chi connectivity index (χ1v) is 15.8. The van der Waals surface area contributed by atoms with Crippen LogP contribution in [0.1, 0.15) is 13.3 Å². The summed E-state index contributed by atoms with van der Waals surface area (Å²) in [6.45, 7) is 4.87. The molecule has 1 aliphatic heterocycles. The monoisotopic (exact) mass is 684 g/mol. The highest BCUT2D eigenvalue weighted by atomic mass is 32.2. The molecule has 266 valence electrons. The molecule has 0 bridgehead atoms. The van der Waals surface area contributed by atoms with Gasteiger partial charge in [-0.05, 0) is 13.3 Å². The van der Waals surface area contributed by atoms with Gasteiger partial charge in [-0.25, -0.2) is 5.26 Å². The highest BCUT2D eigenvalue weighted by Gasteiger charge is 2.24. The highest BCUT2D eigenvalue weighted by molar-refractivity contribution is 7.94. The van der Waals surface area contributed by atoms with Crippen LogP contribution >= 0.6 is 12.0 Å². The van der Waals surface area contributed by atoms with Gasteiger partial charge in [0.1, 0.15) is 6.04 Å². The first kappa shape index (κ1) is 41.4. The number of amides is 2. The molecule has 1 saturated heterocycles. The Morgan fingerprint density at radius 2 is 1.17 bits per heavy atom. The van der Waals surface area contributed by atoms with Crippen molar-refractivity contribution in [1.29, 1.82) is 0 Å². The number of rotatable bonds is 22. The molecule has 0 aromatic carbocycles. The average molecular weight is 685 g/mol. The van der Waals surface area contributed by atoms with E-state index in [1.807, 2.05) is 6.92 Å². The van der Waals surface area contributed by atoms with Crippen molar-refractivity contribution in [3.05, 3.63) is 0 Å². The summed E-state index contributed by atoms with van der Waals surface area (Å²) in [5, 5.41) is 45.5. The number of carboxylic acids is 3. The zero-order chi connectivity index (χ0) is 34.2. The fourth-order valence-corrected chi connectivity index (χ4v) is 4.87. The Hall–Kier alpha value is -2.66. The van der Waals surface area contributed by atoms with Gasteiger partial charge in [0.25, 0.3) is 0 Å². The Bertz CT molecular complexity index is 890. The van der Waals surface area contributed by atoms with Gasteiger partial charge < -0.3 is 35.4 Å². The molecule has 1 fully saturated rings. The number of hydrogen-bond donors (Lipinski definition) is 6. The van der Waals surface area contributed by atoms with E-state index in [2.05, 4.69) is 20.0 Å². The standard InChI is InChI=1S/C26H48N6O13S/c1-2-42-14-15-43-13-3-4-27-26(40)21(20-46-45-44-41)28-22(33)16-29-5-7-30(17-23(34)35)9-11-32(19-25(38)39)12-10-31(8-6-29)18-24(36)37/h21,41H,2-20H2,1H3,(H,27,40)(H,28,33)(H,34,35)(H,36,37)(H,38,39)/t21-/m1/s1. The molecule has 1 aliphatic rings. The molecule has 0 aromatic heterocycles. The van der Waals surface area contributed by atoms with Crippen molar-refractivity contribution < 1.29 is 63.4 Å². The van der Waals surface area contributed by atoms with Crippen LogP contribution in [-0.2, 0) is 42.8 Å². The van der Waals surface area contributed by atoms with Gasteiger partial charge >= 0.3 is 17.9 Å². The molecule has 1 rings (SSSR count). The first-order chi connectivity index (χ1) is 22.0. The van der Waals surface area contributed by atoms with Crippen LogP contribution in [-0.4, -0.2) is 193 Å².